The van der Waals surface area contributed by atoms with Gasteiger partial charge < -0.3 is 18.8 Å². The molecule has 1 aliphatic heterocycles. The lowest BCUT2D eigenvalue weighted by molar-refractivity contribution is 0.0518. The lowest BCUT2D eigenvalue weighted by Crippen LogP contribution is -2.17. The highest BCUT2D eigenvalue weighted by atomic mass is 79.9. The number of carbonyl (C=O) groups excluding carboxylic acids is 1. The van der Waals surface area contributed by atoms with Gasteiger partial charge in [0.05, 0.1) is 16.6 Å². The fourth-order valence-electron chi connectivity index (χ4n) is 3.74. The zero-order valence-corrected chi connectivity index (χ0v) is 20.5. The van der Waals surface area contributed by atoms with Crippen molar-refractivity contribution < 1.29 is 19.0 Å². The third-order valence-corrected chi connectivity index (χ3v) is 6.94. The average Bonchev–Trinajstić information content (AvgIpc) is 3.44. The summed E-state index contributed by atoms with van der Waals surface area (Å²) in [6.45, 7) is 6.41. The number of esters is 1. The largest absolute Gasteiger partial charge is 0.461 e. The van der Waals surface area contributed by atoms with Gasteiger partial charge in [-0.2, -0.15) is 0 Å². The quantitative estimate of drug-likeness (QED) is 0.343. The maximum absolute atomic E-state index is 12.8. The zero-order valence-electron chi connectivity index (χ0n) is 17.4. The zero-order chi connectivity index (χ0) is 22.1. The summed E-state index contributed by atoms with van der Waals surface area (Å²) in [6, 6.07) is 9.88. The molecule has 3 aromatic rings. The second kappa shape index (κ2) is 9.22. The number of thiophene rings is 1. The van der Waals surface area contributed by atoms with Crippen molar-refractivity contribution in [1.29, 1.82) is 0 Å². The monoisotopic (exact) mass is 524 g/mol. The first-order valence-electron chi connectivity index (χ1n) is 9.97. The van der Waals surface area contributed by atoms with Crippen molar-refractivity contribution in [3.8, 4) is 11.5 Å². The van der Waals surface area contributed by atoms with Crippen LogP contribution in [0.25, 0.3) is 0 Å². The van der Waals surface area contributed by atoms with Crippen LogP contribution in [0.1, 0.15) is 59.4 Å². The van der Waals surface area contributed by atoms with Crippen LogP contribution < -0.4 is 9.47 Å². The minimum absolute atomic E-state index is 0.0785. The predicted molar refractivity (Wildman–Crippen MR) is 124 cm³/mol. The molecular formula is C22H22BrClN2O4S. The van der Waals surface area contributed by atoms with Crippen molar-refractivity contribution in [3.05, 3.63) is 61.2 Å². The molecule has 6 nitrogen and oxygen atoms in total. The van der Waals surface area contributed by atoms with E-state index >= 15 is 0 Å². The summed E-state index contributed by atoms with van der Waals surface area (Å²) in [5.74, 6) is 0.876. The van der Waals surface area contributed by atoms with Crippen LogP contribution >= 0.6 is 38.9 Å². The van der Waals surface area contributed by atoms with E-state index in [0.29, 0.717) is 21.2 Å². The van der Waals surface area contributed by atoms with Crippen LogP contribution in [0.5, 0.6) is 11.5 Å². The van der Waals surface area contributed by atoms with Crippen molar-refractivity contribution in [3.63, 3.8) is 0 Å². The van der Waals surface area contributed by atoms with E-state index in [-0.39, 0.29) is 25.4 Å². The van der Waals surface area contributed by atoms with E-state index in [0.717, 1.165) is 27.6 Å². The predicted octanol–water partition coefficient (Wildman–Crippen LogP) is 6.22. The molecule has 0 fully saturated rings. The Labute approximate surface area is 198 Å². The summed E-state index contributed by atoms with van der Waals surface area (Å²) in [5.41, 5.74) is 2.18. The molecule has 0 spiro atoms. The molecule has 1 aliphatic rings. The minimum Gasteiger partial charge on any atom is -0.461 e. The standard InChI is InChI=1S/C22H22BrClN2O4S/c1-4-28-21(27)19-20(26(12(2)3)22(23)25-19)14(17-7-8-18(24)31-17)9-13-5-6-15-16(10-13)30-11-29-15/h5-8,10,12,14H,4,9,11H2,1-3H3. The van der Waals surface area contributed by atoms with Gasteiger partial charge in [0.15, 0.2) is 21.9 Å². The number of fused-ring (bicyclic) bond motifs is 1. The topological polar surface area (TPSA) is 62.6 Å². The molecule has 0 amide bonds. The van der Waals surface area contributed by atoms with Crippen molar-refractivity contribution in [2.75, 3.05) is 13.4 Å². The fourth-order valence-corrected chi connectivity index (χ4v) is 5.68. The highest BCUT2D eigenvalue weighted by molar-refractivity contribution is 9.10. The molecule has 0 aliphatic carbocycles. The number of imidazole rings is 1. The van der Waals surface area contributed by atoms with E-state index in [2.05, 4.69) is 34.8 Å². The summed E-state index contributed by atoms with van der Waals surface area (Å²) < 4.78 is 19.7. The van der Waals surface area contributed by atoms with E-state index in [1.807, 2.05) is 34.9 Å². The number of rotatable bonds is 7. The number of carbonyl (C=O) groups is 1. The van der Waals surface area contributed by atoms with Crippen molar-refractivity contribution in [2.45, 2.75) is 39.2 Å². The fraction of sp³-hybridized carbons (Fsp3) is 0.364. The average molecular weight is 526 g/mol. The van der Waals surface area contributed by atoms with Crippen molar-refractivity contribution in [1.82, 2.24) is 9.55 Å². The number of halogens is 2. The number of nitrogens with zero attached hydrogens (tertiary/aromatic N) is 2. The van der Waals surface area contributed by atoms with Gasteiger partial charge >= 0.3 is 5.97 Å². The maximum Gasteiger partial charge on any atom is 0.358 e. The van der Waals surface area contributed by atoms with E-state index in [1.54, 1.807) is 6.92 Å². The first kappa shape index (κ1) is 22.2. The van der Waals surface area contributed by atoms with Gasteiger partial charge in [-0.3, -0.25) is 0 Å². The van der Waals surface area contributed by atoms with Crippen LogP contribution in [0.15, 0.2) is 35.1 Å². The molecule has 0 saturated heterocycles. The third-order valence-electron chi connectivity index (χ3n) is 5.03. The number of benzene rings is 1. The molecule has 1 unspecified atom stereocenters. The number of hydrogen-bond donors (Lipinski definition) is 0. The van der Waals surface area contributed by atoms with Crippen LogP contribution in [0.4, 0.5) is 0 Å². The Morgan fingerprint density at radius 2 is 2.06 bits per heavy atom. The van der Waals surface area contributed by atoms with Gasteiger partial charge in [0, 0.05) is 16.8 Å². The third kappa shape index (κ3) is 4.47. The van der Waals surface area contributed by atoms with Crippen LogP contribution in [-0.2, 0) is 11.2 Å². The van der Waals surface area contributed by atoms with E-state index < -0.39 is 5.97 Å². The number of ether oxygens (including phenoxy) is 3. The molecule has 0 bridgehead atoms. The van der Waals surface area contributed by atoms with Crippen LogP contribution in [0.3, 0.4) is 0 Å². The molecule has 9 heteroatoms. The van der Waals surface area contributed by atoms with Gasteiger partial charge in [-0.1, -0.05) is 17.7 Å². The first-order valence-corrected chi connectivity index (χ1v) is 12.0. The summed E-state index contributed by atoms with van der Waals surface area (Å²) in [7, 11) is 0. The summed E-state index contributed by atoms with van der Waals surface area (Å²) in [5, 5.41) is 0. The van der Waals surface area contributed by atoms with Gasteiger partial charge in [0.2, 0.25) is 6.79 Å². The molecule has 1 aromatic carbocycles. The van der Waals surface area contributed by atoms with Gasteiger partial charge in [0.1, 0.15) is 0 Å². The Kier molecular flexibility index (Phi) is 6.60. The molecule has 4 rings (SSSR count). The number of hydrogen-bond acceptors (Lipinski definition) is 6. The van der Waals surface area contributed by atoms with E-state index in [9.17, 15) is 4.79 Å². The SMILES string of the molecule is CCOC(=O)c1nc(Br)n(C(C)C)c1C(Cc1ccc2c(c1)OCO2)c1ccc(Cl)s1. The molecule has 31 heavy (non-hydrogen) atoms. The van der Waals surface area contributed by atoms with Gasteiger partial charge in [-0.15, -0.1) is 11.3 Å². The molecule has 0 N–H and O–H groups in total. The summed E-state index contributed by atoms with van der Waals surface area (Å²) in [4.78, 5) is 18.4. The smallest absolute Gasteiger partial charge is 0.358 e. The lowest BCUT2D eigenvalue weighted by Gasteiger charge is -2.22. The summed E-state index contributed by atoms with van der Waals surface area (Å²) >= 11 is 11.3. The first-order chi connectivity index (χ1) is 14.9. The number of aromatic nitrogens is 2. The van der Waals surface area contributed by atoms with Gasteiger partial charge in [-0.25, -0.2) is 9.78 Å². The molecular weight excluding hydrogens is 504 g/mol. The normalized spacial score (nSPS) is 13.6. The van der Waals surface area contributed by atoms with Gasteiger partial charge in [0.25, 0.3) is 0 Å². The van der Waals surface area contributed by atoms with Crippen molar-refractivity contribution in [2.24, 2.45) is 0 Å². The van der Waals surface area contributed by atoms with Crippen LogP contribution in [0, 0.1) is 0 Å². The Bertz CT molecular complexity index is 1110. The van der Waals surface area contributed by atoms with Crippen LogP contribution in [-0.4, -0.2) is 28.9 Å². The highest BCUT2D eigenvalue weighted by Gasteiger charge is 2.32. The lowest BCUT2D eigenvalue weighted by atomic mass is 9.92. The van der Waals surface area contributed by atoms with Gasteiger partial charge in [-0.05, 0) is 73.0 Å². The minimum atomic E-state index is -0.434. The molecule has 1 atom stereocenters. The second-order valence-corrected chi connectivity index (χ2v) is 9.84. The molecule has 3 heterocycles. The molecule has 164 valence electrons. The Morgan fingerprint density at radius 1 is 1.29 bits per heavy atom. The Hall–Kier alpha value is -2.03. The van der Waals surface area contributed by atoms with Crippen molar-refractivity contribution >= 4 is 44.8 Å². The second-order valence-electron chi connectivity index (χ2n) is 7.39. The Balaban J connectivity index is 1.85. The Morgan fingerprint density at radius 3 is 2.74 bits per heavy atom. The van der Waals surface area contributed by atoms with Crippen LogP contribution in [0.2, 0.25) is 4.34 Å². The maximum atomic E-state index is 12.8. The van der Waals surface area contributed by atoms with E-state index in [1.165, 1.54) is 11.3 Å². The highest BCUT2D eigenvalue weighted by Crippen LogP contribution is 2.41. The molecule has 0 saturated carbocycles. The molecule has 2 aromatic heterocycles. The summed E-state index contributed by atoms with van der Waals surface area (Å²) in [6.07, 6.45) is 0.630. The van der Waals surface area contributed by atoms with E-state index in [4.69, 9.17) is 25.8 Å². The molecule has 0 radical (unpaired) electrons.